The Kier molecular flexibility index (Phi) is 4.98. The maximum absolute atomic E-state index is 11.3. The van der Waals surface area contributed by atoms with Gasteiger partial charge in [-0.2, -0.15) is 8.42 Å². The smallest absolute Gasteiger partial charge is 0.294 e. The molecule has 1 aromatic rings. The molecule has 0 aliphatic heterocycles. The lowest BCUT2D eigenvalue weighted by atomic mass is 9.81. The van der Waals surface area contributed by atoms with Crippen LogP contribution in [0.2, 0.25) is 0 Å². The summed E-state index contributed by atoms with van der Waals surface area (Å²) in [7, 11) is -4.17. The third kappa shape index (κ3) is 4.60. The van der Waals surface area contributed by atoms with Gasteiger partial charge in [0, 0.05) is 0 Å². The second kappa shape index (κ2) is 5.23. The van der Waals surface area contributed by atoms with Crippen molar-refractivity contribution >= 4 is 10.1 Å². The summed E-state index contributed by atoms with van der Waals surface area (Å²) in [5.74, 6) is 0. The van der Waals surface area contributed by atoms with E-state index in [-0.39, 0.29) is 21.2 Å². The molecule has 3 N–H and O–H groups in total. The van der Waals surface area contributed by atoms with Gasteiger partial charge in [0.1, 0.15) is 0 Å². The van der Waals surface area contributed by atoms with Crippen LogP contribution in [-0.4, -0.2) is 18.4 Å². The Morgan fingerprint density at radius 3 is 1.37 bits per heavy atom. The number of benzene rings is 1. The molecule has 0 amide bonds. The van der Waals surface area contributed by atoms with E-state index < -0.39 is 10.1 Å². The predicted molar refractivity (Wildman–Crippen MR) is 77.3 cm³/mol. The Morgan fingerprint density at radius 2 is 1.16 bits per heavy atom. The van der Waals surface area contributed by atoms with Crippen LogP contribution in [0, 0.1) is 0 Å². The largest absolute Gasteiger partial charge is 0.412 e. The second-order valence-corrected chi connectivity index (χ2v) is 8.14. The predicted octanol–water partition coefficient (Wildman–Crippen LogP) is 2.70. The fourth-order valence-corrected chi connectivity index (χ4v) is 2.17. The zero-order valence-corrected chi connectivity index (χ0v) is 13.2. The molecule has 0 fully saturated rings. The molecule has 0 heterocycles. The average molecular weight is 288 g/mol. The highest BCUT2D eigenvalue weighted by Crippen LogP contribution is 2.31. The van der Waals surface area contributed by atoms with E-state index >= 15 is 0 Å². The van der Waals surface area contributed by atoms with E-state index in [0.29, 0.717) is 0 Å². The van der Waals surface area contributed by atoms with Crippen LogP contribution in [0.1, 0.15) is 52.7 Å². The van der Waals surface area contributed by atoms with E-state index in [0.717, 1.165) is 11.1 Å². The number of hydrogen-bond acceptors (Lipinski definition) is 2. The molecule has 0 aromatic heterocycles. The van der Waals surface area contributed by atoms with Gasteiger partial charge >= 0.3 is 0 Å². The molecule has 4 nitrogen and oxygen atoms in total. The van der Waals surface area contributed by atoms with Gasteiger partial charge in [-0.05, 0) is 34.1 Å². The summed E-state index contributed by atoms with van der Waals surface area (Å²) in [6.45, 7) is 12.1. The van der Waals surface area contributed by atoms with Crippen molar-refractivity contribution in [3.8, 4) is 0 Å². The van der Waals surface area contributed by atoms with Crippen molar-refractivity contribution < 1.29 is 18.4 Å². The SMILES string of the molecule is CC(C)(C)c1cc(C(C)(C)C)cc(S(=O)(=O)O)c1.O. The summed E-state index contributed by atoms with van der Waals surface area (Å²) in [4.78, 5) is -0.0279. The van der Waals surface area contributed by atoms with E-state index in [1.165, 1.54) is 0 Å². The van der Waals surface area contributed by atoms with Gasteiger partial charge in [-0.3, -0.25) is 4.55 Å². The zero-order valence-electron chi connectivity index (χ0n) is 12.4. The third-order valence-electron chi connectivity index (χ3n) is 2.94. The molecule has 0 saturated heterocycles. The summed E-state index contributed by atoms with van der Waals surface area (Å²) in [6.07, 6.45) is 0. The molecular formula is C14H24O4S. The quantitative estimate of drug-likeness (QED) is 0.806. The minimum absolute atomic E-state index is 0. The molecule has 0 atom stereocenters. The average Bonchev–Trinajstić information content (AvgIpc) is 2.13. The molecular weight excluding hydrogens is 264 g/mol. The standard InChI is InChI=1S/C14H22O3S.H2O/c1-13(2,3)10-7-11(14(4,5)6)9-12(8-10)18(15,16)17;/h7-9H,1-6H3,(H,15,16,17);1H2. The molecule has 0 bridgehead atoms. The molecule has 0 aliphatic rings. The molecule has 1 aromatic carbocycles. The second-order valence-electron chi connectivity index (χ2n) is 6.72. The van der Waals surface area contributed by atoms with Gasteiger partial charge in [-0.25, -0.2) is 0 Å². The Balaban J connectivity index is 0.00000324. The van der Waals surface area contributed by atoms with Crippen molar-refractivity contribution in [1.29, 1.82) is 0 Å². The van der Waals surface area contributed by atoms with E-state index in [4.69, 9.17) is 0 Å². The van der Waals surface area contributed by atoms with Gasteiger partial charge in [-0.1, -0.05) is 47.6 Å². The molecule has 0 saturated carbocycles. The molecule has 5 heteroatoms. The van der Waals surface area contributed by atoms with Crippen LogP contribution in [0.5, 0.6) is 0 Å². The summed E-state index contributed by atoms with van der Waals surface area (Å²) >= 11 is 0. The van der Waals surface area contributed by atoms with Crippen LogP contribution in [0.3, 0.4) is 0 Å². The Bertz CT molecular complexity index is 514. The Labute approximate surface area is 115 Å². The van der Waals surface area contributed by atoms with E-state index in [2.05, 4.69) is 0 Å². The minimum Gasteiger partial charge on any atom is -0.412 e. The van der Waals surface area contributed by atoms with Crippen LogP contribution >= 0.6 is 0 Å². The van der Waals surface area contributed by atoms with Crippen LogP contribution < -0.4 is 0 Å². The van der Waals surface area contributed by atoms with Crippen LogP contribution in [0.15, 0.2) is 23.1 Å². The van der Waals surface area contributed by atoms with Crippen LogP contribution in [0.25, 0.3) is 0 Å². The first-order valence-electron chi connectivity index (χ1n) is 5.95. The normalized spacial score (nSPS) is 13.0. The van der Waals surface area contributed by atoms with Crippen molar-refractivity contribution in [2.24, 2.45) is 0 Å². The fraction of sp³-hybridized carbons (Fsp3) is 0.571. The van der Waals surface area contributed by atoms with Gasteiger partial charge in [0.05, 0.1) is 4.90 Å². The van der Waals surface area contributed by atoms with E-state index in [9.17, 15) is 13.0 Å². The first-order chi connectivity index (χ1) is 7.82. The molecule has 0 unspecified atom stereocenters. The lowest BCUT2D eigenvalue weighted by Crippen LogP contribution is -2.17. The summed E-state index contributed by atoms with van der Waals surface area (Å²) in [5.41, 5.74) is 1.48. The highest BCUT2D eigenvalue weighted by molar-refractivity contribution is 7.85. The topological polar surface area (TPSA) is 85.9 Å². The van der Waals surface area contributed by atoms with Gasteiger partial charge < -0.3 is 5.48 Å². The van der Waals surface area contributed by atoms with E-state index in [1.807, 2.05) is 47.6 Å². The first-order valence-corrected chi connectivity index (χ1v) is 7.39. The van der Waals surface area contributed by atoms with Crippen molar-refractivity contribution in [1.82, 2.24) is 0 Å². The Morgan fingerprint density at radius 1 is 0.842 bits per heavy atom. The van der Waals surface area contributed by atoms with Crippen LogP contribution in [0.4, 0.5) is 0 Å². The van der Waals surface area contributed by atoms with E-state index in [1.54, 1.807) is 12.1 Å². The van der Waals surface area contributed by atoms with Gasteiger partial charge in [0.2, 0.25) is 0 Å². The number of rotatable bonds is 1. The van der Waals surface area contributed by atoms with Gasteiger partial charge in [-0.15, -0.1) is 0 Å². The van der Waals surface area contributed by atoms with Crippen LogP contribution in [-0.2, 0) is 20.9 Å². The summed E-state index contributed by atoms with van der Waals surface area (Å²) in [5, 5.41) is 0. The maximum atomic E-state index is 11.3. The van der Waals surface area contributed by atoms with Crippen molar-refractivity contribution in [3.05, 3.63) is 29.3 Å². The summed E-state index contributed by atoms with van der Waals surface area (Å²) in [6, 6.07) is 5.10. The highest BCUT2D eigenvalue weighted by atomic mass is 32.2. The van der Waals surface area contributed by atoms with Crippen molar-refractivity contribution in [3.63, 3.8) is 0 Å². The minimum atomic E-state index is -4.17. The van der Waals surface area contributed by atoms with Gasteiger partial charge in [0.15, 0.2) is 0 Å². The maximum Gasteiger partial charge on any atom is 0.294 e. The number of hydrogen-bond donors (Lipinski definition) is 1. The first kappa shape index (κ1) is 18.1. The molecule has 1 rings (SSSR count). The third-order valence-corrected chi connectivity index (χ3v) is 3.77. The molecule has 19 heavy (non-hydrogen) atoms. The van der Waals surface area contributed by atoms with Crippen molar-refractivity contribution in [2.75, 3.05) is 0 Å². The lowest BCUT2D eigenvalue weighted by Gasteiger charge is -2.25. The van der Waals surface area contributed by atoms with Gasteiger partial charge in [0.25, 0.3) is 10.1 Å². The highest BCUT2D eigenvalue weighted by Gasteiger charge is 2.23. The monoisotopic (exact) mass is 288 g/mol. The Hall–Kier alpha value is -0.910. The molecule has 110 valence electrons. The zero-order chi connectivity index (χ0) is 14.4. The molecule has 0 spiro atoms. The molecule has 0 radical (unpaired) electrons. The lowest BCUT2D eigenvalue weighted by molar-refractivity contribution is 0.481. The fourth-order valence-electron chi connectivity index (χ4n) is 1.61. The van der Waals surface area contributed by atoms with Crippen molar-refractivity contribution in [2.45, 2.75) is 57.3 Å². The summed E-state index contributed by atoms with van der Waals surface area (Å²) < 4.78 is 31.9. The molecule has 0 aliphatic carbocycles.